The van der Waals surface area contributed by atoms with Crippen LogP contribution in [0.2, 0.25) is 0 Å². The fourth-order valence-corrected chi connectivity index (χ4v) is 2.61. The molecule has 6 nitrogen and oxygen atoms in total. The number of benzene rings is 1. The minimum absolute atomic E-state index is 0.153. The van der Waals surface area contributed by atoms with Crippen molar-refractivity contribution in [2.75, 3.05) is 7.11 Å². The number of carbonyl (C=O) groups excluding carboxylic acids is 2. The molecule has 1 rings (SSSR count). The number of methoxy groups -OCH3 is 1. The smallest absolute Gasteiger partial charge is 0.410 e. The van der Waals surface area contributed by atoms with Crippen molar-refractivity contribution in [3.63, 3.8) is 0 Å². The van der Waals surface area contributed by atoms with E-state index < -0.39 is 29.8 Å². The molecule has 1 aromatic carbocycles. The fourth-order valence-electron chi connectivity index (χ4n) is 2.61. The quantitative estimate of drug-likeness (QED) is 0.750. The first-order valence-corrected chi connectivity index (χ1v) is 8.84. The van der Waals surface area contributed by atoms with Crippen molar-refractivity contribution in [3.05, 3.63) is 35.9 Å². The number of carbonyl (C=O) groups is 2. The van der Waals surface area contributed by atoms with E-state index in [1.54, 1.807) is 20.8 Å². The highest BCUT2D eigenvalue weighted by atomic mass is 16.6. The SMILES string of the molecule is COC(=O)[C@H](O)[C@H](CC(C)C)N(Cc1ccccc1)C(=O)OC(C)(C)C. The van der Waals surface area contributed by atoms with Gasteiger partial charge >= 0.3 is 12.1 Å². The number of esters is 1. The first-order valence-electron chi connectivity index (χ1n) is 8.84. The monoisotopic (exact) mass is 365 g/mol. The summed E-state index contributed by atoms with van der Waals surface area (Å²) in [5.74, 6) is -0.614. The third-order valence-corrected chi connectivity index (χ3v) is 3.74. The van der Waals surface area contributed by atoms with Crippen molar-refractivity contribution in [1.29, 1.82) is 0 Å². The molecule has 0 unspecified atom stereocenters. The molecule has 1 N–H and O–H groups in total. The summed E-state index contributed by atoms with van der Waals surface area (Å²) in [5.41, 5.74) is 0.189. The minimum atomic E-state index is -1.45. The van der Waals surface area contributed by atoms with E-state index in [0.717, 1.165) is 5.56 Å². The van der Waals surface area contributed by atoms with Gasteiger partial charge in [-0.25, -0.2) is 9.59 Å². The summed E-state index contributed by atoms with van der Waals surface area (Å²) in [6, 6.07) is 8.64. The number of hydrogen-bond donors (Lipinski definition) is 1. The summed E-state index contributed by atoms with van der Waals surface area (Å²) in [6.45, 7) is 9.49. The van der Waals surface area contributed by atoms with Crippen molar-refractivity contribution in [1.82, 2.24) is 4.90 Å². The van der Waals surface area contributed by atoms with Crippen molar-refractivity contribution < 1.29 is 24.2 Å². The topological polar surface area (TPSA) is 76.1 Å². The van der Waals surface area contributed by atoms with E-state index in [4.69, 9.17) is 4.74 Å². The zero-order chi connectivity index (χ0) is 19.9. The Kier molecular flexibility index (Phi) is 8.08. The molecular weight excluding hydrogens is 334 g/mol. The molecule has 0 spiro atoms. The van der Waals surface area contributed by atoms with Gasteiger partial charge in [-0.05, 0) is 38.7 Å². The van der Waals surface area contributed by atoms with E-state index in [1.165, 1.54) is 12.0 Å². The average Bonchev–Trinajstić information content (AvgIpc) is 2.55. The molecule has 0 heterocycles. The second-order valence-corrected chi connectivity index (χ2v) is 7.76. The van der Waals surface area contributed by atoms with Crippen LogP contribution >= 0.6 is 0 Å². The highest BCUT2D eigenvalue weighted by Crippen LogP contribution is 2.22. The molecule has 0 aliphatic rings. The van der Waals surface area contributed by atoms with Crippen molar-refractivity contribution in [2.24, 2.45) is 5.92 Å². The van der Waals surface area contributed by atoms with Crippen LogP contribution in [0.3, 0.4) is 0 Å². The molecule has 0 aliphatic carbocycles. The number of aliphatic hydroxyl groups excluding tert-OH is 1. The molecule has 0 aromatic heterocycles. The molecule has 26 heavy (non-hydrogen) atoms. The largest absolute Gasteiger partial charge is 0.467 e. The number of aliphatic hydroxyl groups is 1. The standard InChI is InChI=1S/C20H31NO5/c1-14(2)12-16(17(22)18(23)25-6)21(19(24)26-20(3,4)5)13-15-10-8-7-9-11-15/h7-11,14,16-17,22H,12-13H2,1-6H3/t16-,17+/m0/s1. The maximum Gasteiger partial charge on any atom is 0.410 e. The van der Waals surface area contributed by atoms with Gasteiger partial charge in [-0.2, -0.15) is 0 Å². The van der Waals surface area contributed by atoms with Gasteiger partial charge < -0.3 is 14.6 Å². The Bertz CT molecular complexity index is 580. The summed E-state index contributed by atoms with van der Waals surface area (Å²) in [6.07, 6.45) is -1.59. The Balaban J connectivity index is 3.22. The second kappa shape index (κ2) is 9.57. The van der Waals surface area contributed by atoms with E-state index in [0.29, 0.717) is 6.42 Å². The van der Waals surface area contributed by atoms with Gasteiger partial charge in [0.1, 0.15) is 5.60 Å². The third-order valence-electron chi connectivity index (χ3n) is 3.74. The molecule has 1 aromatic rings. The molecule has 0 saturated carbocycles. The van der Waals surface area contributed by atoms with Crippen molar-refractivity contribution >= 4 is 12.1 Å². The maximum atomic E-state index is 12.8. The highest BCUT2D eigenvalue weighted by molar-refractivity contribution is 5.77. The predicted molar refractivity (Wildman–Crippen MR) is 99.5 cm³/mol. The number of amides is 1. The third kappa shape index (κ3) is 7.04. The molecule has 0 saturated heterocycles. The second-order valence-electron chi connectivity index (χ2n) is 7.76. The average molecular weight is 365 g/mol. The Morgan fingerprint density at radius 3 is 2.19 bits per heavy atom. The number of hydrogen-bond acceptors (Lipinski definition) is 5. The summed E-state index contributed by atoms with van der Waals surface area (Å²) in [4.78, 5) is 26.2. The molecule has 2 atom stereocenters. The summed E-state index contributed by atoms with van der Waals surface area (Å²) in [5, 5.41) is 10.5. The zero-order valence-corrected chi connectivity index (χ0v) is 16.6. The molecule has 146 valence electrons. The van der Waals surface area contributed by atoms with Crippen molar-refractivity contribution in [2.45, 2.75) is 65.3 Å². The van der Waals surface area contributed by atoms with E-state index in [2.05, 4.69) is 4.74 Å². The van der Waals surface area contributed by atoms with Crippen LogP contribution in [0.5, 0.6) is 0 Å². The number of nitrogens with zero attached hydrogens (tertiary/aromatic N) is 1. The van der Waals surface area contributed by atoms with Gasteiger partial charge in [0.25, 0.3) is 0 Å². The normalized spacial score (nSPS) is 13.8. The lowest BCUT2D eigenvalue weighted by atomic mass is 9.97. The molecule has 1 amide bonds. The van der Waals surface area contributed by atoms with Gasteiger partial charge in [0.2, 0.25) is 0 Å². The lowest BCUT2D eigenvalue weighted by Gasteiger charge is -2.36. The van der Waals surface area contributed by atoms with E-state index in [1.807, 2.05) is 44.2 Å². The van der Waals surface area contributed by atoms with Gasteiger partial charge in [-0.3, -0.25) is 4.90 Å². The van der Waals surface area contributed by atoms with Crippen LogP contribution in [0, 0.1) is 5.92 Å². The molecule has 0 radical (unpaired) electrons. The molecular formula is C20H31NO5. The van der Waals surface area contributed by atoms with E-state index in [9.17, 15) is 14.7 Å². The summed E-state index contributed by atoms with van der Waals surface area (Å²) < 4.78 is 10.2. The summed E-state index contributed by atoms with van der Waals surface area (Å²) in [7, 11) is 1.22. The highest BCUT2D eigenvalue weighted by Gasteiger charge is 2.37. The van der Waals surface area contributed by atoms with Gasteiger partial charge in [0.05, 0.1) is 13.2 Å². The van der Waals surface area contributed by atoms with Crippen LogP contribution in [0.4, 0.5) is 4.79 Å². The van der Waals surface area contributed by atoms with Crippen LogP contribution in [0.15, 0.2) is 30.3 Å². The number of ether oxygens (including phenoxy) is 2. The molecule has 0 aliphatic heterocycles. The fraction of sp³-hybridized carbons (Fsp3) is 0.600. The molecule has 0 bridgehead atoms. The Morgan fingerprint density at radius 2 is 1.73 bits per heavy atom. The zero-order valence-electron chi connectivity index (χ0n) is 16.6. The Morgan fingerprint density at radius 1 is 1.15 bits per heavy atom. The van der Waals surface area contributed by atoms with Crippen molar-refractivity contribution in [3.8, 4) is 0 Å². The lowest BCUT2D eigenvalue weighted by molar-refractivity contribution is -0.154. The first kappa shape index (κ1) is 22.0. The number of rotatable bonds is 7. The predicted octanol–water partition coefficient (Wildman–Crippen LogP) is 3.37. The van der Waals surface area contributed by atoms with Crippen LogP contribution in [0.25, 0.3) is 0 Å². The lowest BCUT2D eigenvalue weighted by Crippen LogP contribution is -2.51. The van der Waals surface area contributed by atoms with Crippen LogP contribution in [-0.4, -0.2) is 46.9 Å². The molecule has 0 fully saturated rings. The Hall–Kier alpha value is -2.08. The van der Waals surface area contributed by atoms with Crippen LogP contribution in [0.1, 0.15) is 46.6 Å². The minimum Gasteiger partial charge on any atom is -0.467 e. The van der Waals surface area contributed by atoms with Gasteiger partial charge in [-0.1, -0.05) is 44.2 Å². The summed E-state index contributed by atoms with van der Waals surface area (Å²) >= 11 is 0. The van der Waals surface area contributed by atoms with Gasteiger partial charge in [0.15, 0.2) is 6.10 Å². The first-order chi connectivity index (χ1) is 12.0. The maximum absolute atomic E-state index is 12.8. The molecule has 6 heteroatoms. The Labute approximate surface area is 156 Å². The van der Waals surface area contributed by atoms with Gasteiger partial charge in [0, 0.05) is 6.54 Å². The van der Waals surface area contributed by atoms with Crippen LogP contribution < -0.4 is 0 Å². The van der Waals surface area contributed by atoms with Crippen LogP contribution in [-0.2, 0) is 20.8 Å². The van der Waals surface area contributed by atoms with Gasteiger partial charge in [-0.15, -0.1) is 0 Å². The van der Waals surface area contributed by atoms with E-state index >= 15 is 0 Å². The van der Waals surface area contributed by atoms with E-state index in [-0.39, 0.29) is 12.5 Å².